The number of hydrogen-bond acceptors (Lipinski definition) is 3. The molecule has 0 spiro atoms. The van der Waals surface area contributed by atoms with Crippen LogP contribution in [0.1, 0.15) is 0 Å². The first-order valence-corrected chi connectivity index (χ1v) is 8.69. The lowest BCUT2D eigenvalue weighted by atomic mass is 10.2. The Bertz CT molecular complexity index is 695. The lowest BCUT2D eigenvalue weighted by Gasteiger charge is -2.38. The number of hydrogen-bond donors (Lipinski definition) is 0. The molecule has 0 bridgehead atoms. The molecule has 4 rings (SSSR count). The van der Waals surface area contributed by atoms with Crippen molar-refractivity contribution >= 4 is 29.2 Å². The number of piperazine rings is 1. The van der Waals surface area contributed by atoms with E-state index >= 15 is 0 Å². The van der Waals surface area contributed by atoms with Crippen molar-refractivity contribution in [1.29, 1.82) is 0 Å². The van der Waals surface area contributed by atoms with Gasteiger partial charge in [0.2, 0.25) is 0 Å². The van der Waals surface area contributed by atoms with Crippen molar-refractivity contribution < 1.29 is 4.79 Å². The highest BCUT2D eigenvalue weighted by Crippen LogP contribution is 2.48. The molecule has 0 unspecified atom stereocenters. The van der Waals surface area contributed by atoms with E-state index in [-0.39, 0.29) is 6.03 Å². The molecule has 4 nitrogen and oxygen atoms in total. The van der Waals surface area contributed by atoms with Gasteiger partial charge in [-0.15, -0.1) is 0 Å². The Kier molecular flexibility index (Phi) is 3.75. The van der Waals surface area contributed by atoms with Gasteiger partial charge in [0, 0.05) is 36.0 Å². The van der Waals surface area contributed by atoms with Crippen molar-refractivity contribution in [3.8, 4) is 0 Å². The molecule has 2 heterocycles. The largest absolute Gasteiger partial charge is 0.329 e. The third-order valence-electron chi connectivity index (χ3n) is 4.40. The summed E-state index contributed by atoms with van der Waals surface area (Å²) in [6.45, 7) is 3.42. The van der Waals surface area contributed by atoms with E-state index in [4.69, 9.17) is 0 Å². The second kappa shape index (κ2) is 5.91. The normalized spacial score (nSPS) is 17.6. The van der Waals surface area contributed by atoms with Crippen molar-refractivity contribution in [3.05, 3.63) is 48.5 Å². The second-order valence-corrected chi connectivity index (χ2v) is 7.03. The molecular formula is C18H19N3OS. The summed E-state index contributed by atoms with van der Waals surface area (Å²) in [5.41, 5.74) is 1.97. The number of carbonyl (C=O) groups is 1. The minimum absolute atomic E-state index is 0.0818. The van der Waals surface area contributed by atoms with Crippen molar-refractivity contribution in [3.63, 3.8) is 0 Å². The van der Waals surface area contributed by atoms with Gasteiger partial charge in [-0.25, -0.2) is 4.79 Å². The molecular weight excluding hydrogens is 306 g/mol. The van der Waals surface area contributed by atoms with E-state index in [1.54, 1.807) is 11.8 Å². The van der Waals surface area contributed by atoms with E-state index in [1.807, 2.05) is 46.2 Å². The standard InChI is InChI=1S/C18H19N3OS/c1-19-10-12-20(13-11-19)18(22)21-14-6-2-4-8-16(14)23-17-9-5-3-7-15(17)21/h2-9H,10-13H2,1H3. The molecule has 0 aromatic heterocycles. The van der Waals surface area contributed by atoms with Gasteiger partial charge in [0.1, 0.15) is 0 Å². The van der Waals surface area contributed by atoms with Crippen LogP contribution in [-0.2, 0) is 0 Å². The maximum absolute atomic E-state index is 13.2. The molecule has 2 aromatic rings. The summed E-state index contributed by atoms with van der Waals surface area (Å²) in [5.74, 6) is 0. The van der Waals surface area contributed by atoms with E-state index in [2.05, 4.69) is 24.1 Å². The van der Waals surface area contributed by atoms with Gasteiger partial charge in [-0.2, -0.15) is 0 Å². The second-order valence-electron chi connectivity index (χ2n) is 5.95. The Balaban J connectivity index is 1.74. The summed E-state index contributed by atoms with van der Waals surface area (Å²) < 4.78 is 0. The van der Waals surface area contributed by atoms with Crippen molar-refractivity contribution in [1.82, 2.24) is 9.80 Å². The maximum Gasteiger partial charge on any atom is 0.329 e. The molecule has 23 heavy (non-hydrogen) atoms. The highest BCUT2D eigenvalue weighted by Gasteiger charge is 2.31. The zero-order valence-electron chi connectivity index (χ0n) is 13.1. The number of carbonyl (C=O) groups excluding carboxylic acids is 1. The number of rotatable bonds is 0. The summed E-state index contributed by atoms with van der Waals surface area (Å²) in [7, 11) is 2.10. The Hall–Kier alpha value is -1.98. The molecule has 0 N–H and O–H groups in total. The van der Waals surface area contributed by atoms with Crippen LogP contribution in [0.5, 0.6) is 0 Å². The Morgan fingerprint density at radius 3 is 1.96 bits per heavy atom. The predicted molar refractivity (Wildman–Crippen MR) is 93.6 cm³/mol. The zero-order valence-corrected chi connectivity index (χ0v) is 13.9. The number of amides is 2. The first-order valence-electron chi connectivity index (χ1n) is 7.87. The minimum atomic E-state index is 0.0818. The molecule has 1 fully saturated rings. The summed E-state index contributed by atoms with van der Waals surface area (Å²) in [6, 6.07) is 16.4. The quantitative estimate of drug-likeness (QED) is 0.739. The van der Waals surface area contributed by atoms with Gasteiger partial charge in [-0.3, -0.25) is 4.90 Å². The van der Waals surface area contributed by atoms with Gasteiger partial charge < -0.3 is 9.80 Å². The maximum atomic E-state index is 13.2. The van der Waals surface area contributed by atoms with Crippen molar-refractivity contribution in [2.24, 2.45) is 0 Å². The van der Waals surface area contributed by atoms with Crippen LogP contribution in [0.15, 0.2) is 58.3 Å². The Labute approximate surface area is 140 Å². The van der Waals surface area contributed by atoms with Crippen LogP contribution in [0.25, 0.3) is 0 Å². The first kappa shape index (κ1) is 14.6. The lowest BCUT2D eigenvalue weighted by molar-refractivity contribution is 0.161. The van der Waals surface area contributed by atoms with E-state index in [1.165, 1.54) is 0 Å². The summed E-state index contributed by atoms with van der Waals surface area (Å²) in [6.07, 6.45) is 0. The van der Waals surface area contributed by atoms with E-state index in [0.717, 1.165) is 47.3 Å². The van der Waals surface area contributed by atoms with Crippen LogP contribution >= 0.6 is 11.8 Å². The monoisotopic (exact) mass is 325 g/mol. The zero-order chi connectivity index (χ0) is 15.8. The van der Waals surface area contributed by atoms with Crippen molar-refractivity contribution in [2.75, 3.05) is 38.1 Å². The number of para-hydroxylation sites is 2. The Morgan fingerprint density at radius 1 is 0.870 bits per heavy atom. The first-order chi connectivity index (χ1) is 11.2. The highest BCUT2D eigenvalue weighted by atomic mass is 32.2. The minimum Gasteiger partial charge on any atom is -0.321 e. The van der Waals surface area contributed by atoms with Crippen molar-refractivity contribution in [2.45, 2.75) is 9.79 Å². The molecule has 0 radical (unpaired) electrons. The number of benzene rings is 2. The van der Waals surface area contributed by atoms with Gasteiger partial charge in [-0.1, -0.05) is 36.0 Å². The van der Waals surface area contributed by atoms with Crippen LogP contribution in [0.4, 0.5) is 16.2 Å². The van der Waals surface area contributed by atoms with E-state index in [9.17, 15) is 4.79 Å². The Morgan fingerprint density at radius 2 is 1.39 bits per heavy atom. The van der Waals surface area contributed by atoms with Crippen LogP contribution < -0.4 is 4.90 Å². The summed E-state index contributed by atoms with van der Waals surface area (Å²) in [5, 5.41) is 0. The third kappa shape index (κ3) is 2.60. The fourth-order valence-corrected chi connectivity index (χ4v) is 4.11. The molecule has 118 valence electrons. The van der Waals surface area contributed by atoms with Gasteiger partial charge in [0.05, 0.1) is 11.4 Å². The molecule has 5 heteroatoms. The topological polar surface area (TPSA) is 26.8 Å². The summed E-state index contributed by atoms with van der Waals surface area (Å²) >= 11 is 1.73. The molecule has 1 saturated heterocycles. The fourth-order valence-electron chi connectivity index (χ4n) is 3.05. The molecule has 2 aromatic carbocycles. The summed E-state index contributed by atoms with van der Waals surface area (Å²) in [4.78, 5) is 21.6. The smallest absolute Gasteiger partial charge is 0.321 e. The molecule has 0 aliphatic carbocycles. The average Bonchev–Trinajstić information content (AvgIpc) is 2.59. The molecule has 0 atom stereocenters. The number of anilines is 2. The lowest BCUT2D eigenvalue weighted by Crippen LogP contribution is -2.51. The fraction of sp³-hybridized carbons (Fsp3) is 0.278. The third-order valence-corrected chi connectivity index (χ3v) is 5.53. The molecule has 0 saturated carbocycles. The van der Waals surface area contributed by atoms with E-state index in [0.29, 0.717) is 0 Å². The van der Waals surface area contributed by atoms with Gasteiger partial charge >= 0.3 is 6.03 Å². The number of fused-ring (bicyclic) bond motifs is 2. The molecule has 2 aliphatic heterocycles. The van der Waals surface area contributed by atoms with Gasteiger partial charge in [-0.05, 0) is 31.3 Å². The predicted octanol–water partition coefficient (Wildman–Crippen LogP) is 3.66. The van der Waals surface area contributed by atoms with Crippen LogP contribution in [-0.4, -0.2) is 49.1 Å². The molecule has 2 amide bonds. The molecule has 2 aliphatic rings. The van der Waals surface area contributed by atoms with E-state index < -0.39 is 0 Å². The number of likely N-dealkylation sites (N-methyl/N-ethyl adjacent to an activating group) is 1. The van der Waals surface area contributed by atoms with Gasteiger partial charge in [0.25, 0.3) is 0 Å². The van der Waals surface area contributed by atoms with Crippen LogP contribution in [0.3, 0.4) is 0 Å². The SMILES string of the molecule is CN1CCN(C(=O)N2c3ccccc3Sc3ccccc32)CC1. The average molecular weight is 325 g/mol. The van der Waals surface area contributed by atoms with Crippen LogP contribution in [0, 0.1) is 0 Å². The number of nitrogens with zero attached hydrogens (tertiary/aromatic N) is 3. The highest BCUT2D eigenvalue weighted by molar-refractivity contribution is 7.99. The van der Waals surface area contributed by atoms with Gasteiger partial charge in [0.15, 0.2) is 0 Å². The number of urea groups is 1. The van der Waals surface area contributed by atoms with Crippen LogP contribution in [0.2, 0.25) is 0 Å².